The molecule has 1 amide bonds. The molecule has 1 fully saturated rings. The van der Waals surface area contributed by atoms with Crippen LogP contribution in [0.1, 0.15) is 17.5 Å². The van der Waals surface area contributed by atoms with Crippen molar-refractivity contribution in [2.45, 2.75) is 19.8 Å². The summed E-state index contributed by atoms with van der Waals surface area (Å²) in [5.41, 5.74) is 3.57. The molecule has 0 radical (unpaired) electrons. The fraction of sp³-hybridized carbons (Fsp3) is 0.333. The van der Waals surface area contributed by atoms with Crippen molar-refractivity contribution in [1.29, 1.82) is 0 Å². The van der Waals surface area contributed by atoms with Crippen molar-refractivity contribution in [2.24, 2.45) is 0 Å². The van der Waals surface area contributed by atoms with Crippen LogP contribution in [0.4, 0.5) is 0 Å². The van der Waals surface area contributed by atoms with Gasteiger partial charge < -0.3 is 18.9 Å². The largest absolute Gasteiger partial charge is 0.464 e. The Bertz CT molecular complexity index is 1420. The van der Waals surface area contributed by atoms with E-state index in [1.54, 1.807) is 12.3 Å². The van der Waals surface area contributed by atoms with Crippen LogP contribution in [-0.4, -0.2) is 50.2 Å². The number of fused-ring (bicyclic) bond motifs is 2. The van der Waals surface area contributed by atoms with E-state index >= 15 is 0 Å². The van der Waals surface area contributed by atoms with E-state index in [2.05, 4.69) is 10.2 Å². The normalized spacial score (nSPS) is 14.6. The number of hydrogen-bond acceptors (Lipinski definition) is 6. The monoisotopic (exact) mass is 494 g/mol. The van der Waals surface area contributed by atoms with Gasteiger partial charge in [0.15, 0.2) is 0 Å². The number of rotatable bonds is 7. The topological polar surface area (TPSA) is 84.9 Å². The highest BCUT2D eigenvalue weighted by Crippen LogP contribution is 2.35. The highest BCUT2D eigenvalue weighted by Gasteiger charge is 2.18. The Morgan fingerprint density at radius 3 is 2.63 bits per heavy atom. The van der Waals surface area contributed by atoms with Crippen molar-refractivity contribution >= 4 is 39.4 Å². The van der Waals surface area contributed by atoms with Crippen LogP contribution in [0.15, 0.2) is 56.3 Å². The van der Waals surface area contributed by atoms with Gasteiger partial charge in [-0.15, -0.1) is 0 Å². The minimum absolute atomic E-state index is 0.0187. The molecular formula is C27H27ClN2O5. The molecule has 35 heavy (non-hydrogen) atoms. The number of morpholine rings is 1. The smallest absolute Gasteiger partial charge is 0.340 e. The zero-order chi connectivity index (χ0) is 24.4. The Morgan fingerprint density at radius 2 is 1.86 bits per heavy atom. The lowest BCUT2D eigenvalue weighted by Crippen LogP contribution is -2.38. The summed E-state index contributed by atoms with van der Waals surface area (Å²) in [6.45, 7) is 6.70. The van der Waals surface area contributed by atoms with Crippen LogP contribution < -0.4 is 10.9 Å². The minimum Gasteiger partial charge on any atom is -0.464 e. The van der Waals surface area contributed by atoms with E-state index in [0.29, 0.717) is 28.3 Å². The summed E-state index contributed by atoms with van der Waals surface area (Å²) in [5.74, 6) is -0.187. The van der Waals surface area contributed by atoms with Gasteiger partial charge in [-0.2, -0.15) is 0 Å². The zero-order valence-electron chi connectivity index (χ0n) is 19.6. The number of halogens is 1. The molecule has 0 atom stereocenters. The Labute approximate surface area is 207 Å². The standard InChI is InChI=1S/C27H27ClN2O5/c1-17-20-13-22-23(18-3-5-19(28)6-4-18)16-34-24(22)15-25(20)35-27(32)21(17)14-26(31)29-7-2-8-30-9-11-33-12-10-30/h3-6,13,15-16H,2,7-12,14H2,1H3,(H,29,31). The molecule has 8 heteroatoms. The van der Waals surface area contributed by atoms with Gasteiger partial charge in [-0.05, 0) is 49.2 Å². The van der Waals surface area contributed by atoms with Gasteiger partial charge >= 0.3 is 5.63 Å². The van der Waals surface area contributed by atoms with Crippen molar-refractivity contribution in [3.05, 3.63) is 69.2 Å². The fourth-order valence-electron chi connectivity index (χ4n) is 4.55. The molecule has 4 aromatic rings. The van der Waals surface area contributed by atoms with Crippen molar-refractivity contribution < 1.29 is 18.4 Å². The molecule has 0 aliphatic carbocycles. The molecule has 1 aliphatic rings. The Kier molecular flexibility index (Phi) is 6.90. The van der Waals surface area contributed by atoms with Gasteiger partial charge in [0.25, 0.3) is 0 Å². The quantitative estimate of drug-likeness (QED) is 0.300. The molecule has 3 heterocycles. The molecule has 2 aromatic carbocycles. The molecule has 1 N–H and O–H groups in total. The van der Waals surface area contributed by atoms with E-state index in [1.807, 2.05) is 37.3 Å². The van der Waals surface area contributed by atoms with E-state index in [-0.39, 0.29) is 12.3 Å². The molecule has 0 spiro atoms. The van der Waals surface area contributed by atoms with Crippen molar-refractivity contribution in [1.82, 2.24) is 10.2 Å². The lowest BCUT2D eigenvalue weighted by Gasteiger charge is -2.26. The second-order valence-corrected chi connectivity index (χ2v) is 9.26. The fourth-order valence-corrected chi connectivity index (χ4v) is 4.67. The second kappa shape index (κ2) is 10.2. The highest BCUT2D eigenvalue weighted by atomic mass is 35.5. The van der Waals surface area contributed by atoms with Gasteiger partial charge in [-0.25, -0.2) is 4.79 Å². The summed E-state index contributed by atoms with van der Waals surface area (Å²) in [6.07, 6.45) is 2.52. The van der Waals surface area contributed by atoms with Gasteiger partial charge in [0.2, 0.25) is 5.91 Å². The zero-order valence-corrected chi connectivity index (χ0v) is 20.3. The maximum absolute atomic E-state index is 12.7. The number of carbonyl (C=O) groups excluding carboxylic acids is 1. The Morgan fingerprint density at radius 1 is 1.09 bits per heavy atom. The lowest BCUT2D eigenvalue weighted by molar-refractivity contribution is -0.120. The molecule has 2 aromatic heterocycles. The molecule has 1 saturated heterocycles. The van der Waals surface area contributed by atoms with Gasteiger partial charge in [0.05, 0.1) is 31.5 Å². The maximum atomic E-state index is 12.7. The van der Waals surface area contributed by atoms with Gasteiger partial charge in [-0.3, -0.25) is 9.69 Å². The number of hydrogen-bond donors (Lipinski definition) is 1. The molecule has 7 nitrogen and oxygen atoms in total. The second-order valence-electron chi connectivity index (χ2n) is 8.83. The molecule has 0 unspecified atom stereocenters. The molecule has 1 aliphatic heterocycles. The summed E-state index contributed by atoms with van der Waals surface area (Å²) in [7, 11) is 0. The third kappa shape index (κ3) is 5.12. The lowest BCUT2D eigenvalue weighted by atomic mass is 9.99. The van der Waals surface area contributed by atoms with Crippen LogP contribution in [0.25, 0.3) is 33.1 Å². The van der Waals surface area contributed by atoms with Crippen molar-refractivity contribution in [2.75, 3.05) is 39.4 Å². The van der Waals surface area contributed by atoms with Crippen LogP contribution >= 0.6 is 11.6 Å². The summed E-state index contributed by atoms with van der Waals surface area (Å²) < 4.78 is 16.7. The van der Waals surface area contributed by atoms with Crippen molar-refractivity contribution in [3.63, 3.8) is 0 Å². The summed E-state index contributed by atoms with van der Waals surface area (Å²) in [4.78, 5) is 27.6. The molecule has 5 rings (SSSR count). The summed E-state index contributed by atoms with van der Waals surface area (Å²) >= 11 is 6.03. The average molecular weight is 495 g/mol. The third-order valence-corrected chi connectivity index (χ3v) is 6.80. The molecular weight excluding hydrogens is 468 g/mol. The Hall–Kier alpha value is -3.13. The summed E-state index contributed by atoms with van der Waals surface area (Å²) in [6, 6.07) is 11.2. The first-order valence-corrected chi connectivity index (χ1v) is 12.2. The van der Waals surface area contributed by atoms with E-state index in [1.165, 1.54) is 0 Å². The van der Waals surface area contributed by atoms with Crippen LogP contribution in [0.5, 0.6) is 0 Å². The number of amides is 1. The van der Waals surface area contributed by atoms with Crippen LogP contribution in [0, 0.1) is 6.92 Å². The van der Waals surface area contributed by atoms with Gasteiger partial charge in [-0.1, -0.05) is 23.7 Å². The number of benzene rings is 2. The van der Waals surface area contributed by atoms with Gasteiger partial charge in [0, 0.05) is 47.1 Å². The molecule has 0 saturated carbocycles. The maximum Gasteiger partial charge on any atom is 0.340 e. The third-order valence-electron chi connectivity index (χ3n) is 6.55. The summed E-state index contributed by atoms with van der Waals surface area (Å²) in [5, 5.41) is 5.27. The minimum atomic E-state index is -0.498. The number of nitrogens with one attached hydrogen (secondary N) is 1. The van der Waals surface area contributed by atoms with E-state index in [9.17, 15) is 9.59 Å². The number of ether oxygens (including phenoxy) is 1. The number of furan rings is 1. The predicted molar refractivity (Wildman–Crippen MR) is 136 cm³/mol. The number of carbonyl (C=O) groups is 1. The van der Waals surface area contributed by atoms with Crippen LogP contribution in [0.3, 0.4) is 0 Å². The first-order valence-electron chi connectivity index (χ1n) is 11.8. The van der Waals surface area contributed by atoms with Crippen LogP contribution in [-0.2, 0) is 16.0 Å². The highest BCUT2D eigenvalue weighted by molar-refractivity contribution is 6.30. The average Bonchev–Trinajstić information content (AvgIpc) is 3.27. The van der Waals surface area contributed by atoms with Crippen LogP contribution in [0.2, 0.25) is 5.02 Å². The predicted octanol–water partition coefficient (Wildman–Crippen LogP) is 4.55. The van der Waals surface area contributed by atoms with Gasteiger partial charge in [0.1, 0.15) is 11.2 Å². The molecule has 0 bridgehead atoms. The number of aryl methyl sites for hydroxylation is 1. The van der Waals surface area contributed by atoms with E-state index in [0.717, 1.165) is 66.7 Å². The van der Waals surface area contributed by atoms with E-state index in [4.69, 9.17) is 25.2 Å². The Balaban J connectivity index is 1.35. The van der Waals surface area contributed by atoms with Crippen molar-refractivity contribution in [3.8, 4) is 11.1 Å². The SMILES string of the molecule is Cc1c(CC(=O)NCCCN2CCOCC2)c(=O)oc2cc3occ(-c4ccc(Cl)cc4)c3cc12. The van der Waals surface area contributed by atoms with E-state index < -0.39 is 5.63 Å². The molecule has 182 valence electrons. The first kappa shape index (κ1) is 23.6. The first-order chi connectivity index (χ1) is 17.0. The number of nitrogens with zero attached hydrogens (tertiary/aromatic N) is 1.